The lowest BCUT2D eigenvalue weighted by molar-refractivity contribution is -0.155. The molecule has 2 aliphatic rings. The van der Waals surface area contributed by atoms with Crippen molar-refractivity contribution in [2.24, 2.45) is 0 Å². The van der Waals surface area contributed by atoms with E-state index in [9.17, 15) is 14.7 Å². The number of methoxy groups -OCH3 is 2. The minimum atomic E-state index is -0.614. The Morgan fingerprint density at radius 2 is 2.12 bits per heavy atom. The second-order valence-corrected chi connectivity index (χ2v) is 8.20. The average molecular weight is 451 g/mol. The van der Waals surface area contributed by atoms with Gasteiger partial charge >= 0.3 is 6.09 Å². The van der Waals surface area contributed by atoms with Crippen LogP contribution in [0.15, 0.2) is 12.1 Å². The highest BCUT2D eigenvalue weighted by Crippen LogP contribution is 2.36. The third-order valence-corrected chi connectivity index (χ3v) is 5.78. The number of morpholine rings is 1. The second-order valence-electron chi connectivity index (χ2n) is 8.20. The molecular formula is C22H34N4O6. The number of aryl methyl sites for hydroxylation is 1. The minimum absolute atomic E-state index is 0.0646. The van der Waals surface area contributed by atoms with Gasteiger partial charge in [-0.05, 0) is 44.2 Å². The van der Waals surface area contributed by atoms with E-state index in [2.05, 4.69) is 20.4 Å². The van der Waals surface area contributed by atoms with Crippen LogP contribution in [0, 0.1) is 0 Å². The fraction of sp³-hybridized carbons (Fsp3) is 0.682. The lowest BCUT2D eigenvalue weighted by Crippen LogP contribution is -2.54. The van der Waals surface area contributed by atoms with E-state index in [1.54, 1.807) is 7.11 Å². The molecule has 10 heteroatoms. The number of nitrogens with one attached hydrogen (secondary N) is 2. The quantitative estimate of drug-likeness (QED) is 0.447. The van der Waals surface area contributed by atoms with Crippen LogP contribution < -0.4 is 15.4 Å². The summed E-state index contributed by atoms with van der Waals surface area (Å²) in [6.07, 6.45) is 1.82. The van der Waals surface area contributed by atoms with Gasteiger partial charge < -0.3 is 34.9 Å². The number of aliphatic hydroxyl groups excluding tert-OH is 1. The Kier molecular flexibility index (Phi) is 8.66. The van der Waals surface area contributed by atoms with E-state index in [0.29, 0.717) is 38.4 Å². The summed E-state index contributed by atoms with van der Waals surface area (Å²) in [5, 5.41) is 15.3. The molecule has 0 unspecified atom stereocenters. The van der Waals surface area contributed by atoms with Crippen molar-refractivity contribution in [3.8, 4) is 5.88 Å². The highest BCUT2D eigenvalue weighted by Gasteiger charge is 2.41. The van der Waals surface area contributed by atoms with E-state index in [1.807, 2.05) is 24.0 Å². The van der Waals surface area contributed by atoms with Gasteiger partial charge in [0.25, 0.3) is 5.91 Å². The predicted octanol–water partition coefficient (Wildman–Crippen LogP) is 0.780. The van der Waals surface area contributed by atoms with Crippen LogP contribution in [0.25, 0.3) is 0 Å². The Bertz CT molecular complexity index is 788. The van der Waals surface area contributed by atoms with Crippen molar-refractivity contribution in [2.45, 2.75) is 56.9 Å². The van der Waals surface area contributed by atoms with Crippen molar-refractivity contribution < 1.29 is 28.9 Å². The van der Waals surface area contributed by atoms with Gasteiger partial charge in [0.05, 0.1) is 33.0 Å². The number of rotatable bonds is 10. The maximum Gasteiger partial charge on any atom is 0.406 e. The van der Waals surface area contributed by atoms with Crippen LogP contribution in [0.1, 0.15) is 43.5 Å². The van der Waals surface area contributed by atoms with Crippen LogP contribution >= 0.6 is 0 Å². The number of hydrogen-bond donors (Lipinski definition) is 3. The van der Waals surface area contributed by atoms with Gasteiger partial charge in [-0.3, -0.25) is 4.79 Å². The van der Waals surface area contributed by atoms with Crippen LogP contribution in [0.2, 0.25) is 0 Å². The average Bonchev–Trinajstić information content (AvgIpc) is 3.66. The maximum atomic E-state index is 13.4. The molecule has 1 saturated heterocycles. The van der Waals surface area contributed by atoms with Crippen molar-refractivity contribution in [1.29, 1.82) is 0 Å². The van der Waals surface area contributed by atoms with Gasteiger partial charge in [0, 0.05) is 37.4 Å². The number of carbonyl (C=O) groups excluding carboxylic acids is 2. The largest absolute Gasteiger partial charge is 0.481 e. The van der Waals surface area contributed by atoms with Crippen LogP contribution in [0.4, 0.5) is 4.79 Å². The molecule has 1 aliphatic heterocycles. The Morgan fingerprint density at radius 1 is 1.34 bits per heavy atom. The summed E-state index contributed by atoms with van der Waals surface area (Å²) in [5.41, 5.74) is 1.77. The molecule has 0 radical (unpaired) electrons. The number of pyridine rings is 1. The number of aromatic nitrogens is 1. The van der Waals surface area contributed by atoms with Crippen molar-refractivity contribution in [1.82, 2.24) is 20.5 Å². The molecule has 3 atom stereocenters. The first-order valence-corrected chi connectivity index (χ1v) is 11.1. The molecule has 32 heavy (non-hydrogen) atoms. The number of aliphatic hydroxyl groups is 1. The molecule has 1 aromatic rings. The first kappa shape index (κ1) is 24.2. The summed E-state index contributed by atoms with van der Waals surface area (Å²) in [6, 6.07) is 3.85. The summed E-state index contributed by atoms with van der Waals surface area (Å²) in [6.45, 7) is 3.33. The minimum Gasteiger partial charge on any atom is -0.481 e. The molecule has 0 spiro atoms. The van der Waals surface area contributed by atoms with Crippen LogP contribution in [-0.4, -0.2) is 85.7 Å². The van der Waals surface area contributed by atoms with Crippen molar-refractivity contribution in [3.05, 3.63) is 23.4 Å². The standard InChI is InChI=1S/C22H34N4O6/c1-14(26(17-6-7-17)21(28)19-12-23-11-18(13-27)32-19)15-9-16(25-20(10-15)30-2)5-4-8-24-22(29)31-3/h9-10,14,17-19,23,27H,4-8,11-13H2,1-3H3,(H,24,29)/t14-,18-,19+/m0/s1. The highest BCUT2D eigenvalue weighted by molar-refractivity contribution is 5.82. The van der Waals surface area contributed by atoms with Crippen LogP contribution in [0.3, 0.4) is 0 Å². The zero-order valence-corrected chi connectivity index (χ0v) is 19.0. The predicted molar refractivity (Wildman–Crippen MR) is 116 cm³/mol. The molecule has 2 amide bonds. The number of alkyl carbamates (subject to hydrolysis) is 1. The molecule has 178 valence electrons. The SMILES string of the molecule is COC(=O)NCCCc1cc([C@H](C)N(C(=O)[C@H]2CNC[C@@H](CO)O2)C2CC2)cc(OC)n1. The number of nitrogens with zero attached hydrogens (tertiary/aromatic N) is 2. The zero-order valence-electron chi connectivity index (χ0n) is 19.0. The molecular weight excluding hydrogens is 416 g/mol. The lowest BCUT2D eigenvalue weighted by atomic mass is 10.0. The molecule has 1 aromatic heterocycles. The molecule has 3 rings (SSSR count). The third kappa shape index (κ3) is 6.30. The molecule has 0 bridgehead atoms. The Labute approximate surface area is 188 Å². The molecule has 1 saturated carbocycles. The smallest absolute Gasteiger partial charge is 0.406 e. The van der Waals surface area contributed by atoms with E-state index in [4.69, 9.17) is 9.47 Å². The molecule has 2 heterocycles. The maximum absolute atomic E-state index is 13.4. The van der Waals surface area contributed by atoms with E-state index >= 15 is 0 Å². The monoisotopic (exact) mass is 450 g/mol. The molecule has 1 aliphatic carbocycles. The normalized spacial score (nSPS) is 21.5. The third-order valence-electron chi connectivity index (χ3n) is 5.78. The number of hydrogen-bond acceptors (Lipinski definition) is 8. The molecule has 10 nitrogen and oxygen atoms in total. The Balaban J connectivity index is 1.72. The second kappa shape index (κ2) is 11.4. The van der Waals surface area contributed by atoms with Gasteiger partial charge in [-0.2, -0.15) is 0 Å². The van der Waals surface area contributed by atoms with E-state index < -0.39 is 12.2 Å². The van der Waals surface area contributed by atoms with E-state index in [0.717, 1.165) is 24.1 Å². The van der Waals surface area contributed by atoms with Crippen LogP contribution in [0.5, 0.6) is 5.88 Å². The van der Waals surface area contributed by atoms with Gasteiger partial charge in [0.15, 0.2) is 0 Å². The Morgan fingerprint density at radius 3 is 2.78 bits per heavy atom. The topological polar surface area (TPSA) is 122 Å². The zero-order chi connectivity index (χ0) is 23.1. The van der Waals surface area contributed by atoms with Gasteiger partial charge in [0.1, 0.15) is 6.10 Å². The van der Waals surface area contributed by atoms with Gasteiger partial charge in [-0.25, -0.2) is 9.78 Å². The van der Waals surface area contributed by atoms with Gasteiger partial charge in [0.2, 0.25) is 5.88 Å². The number of carbonyl (C=O) groups is 2. The van der Waals surface area contributed by atoms with Crippen molar-refractivity contribution >= 4 is 12.0 Å². The summed E-state index contributed by atoms with van der Waals surface area (Å²) >= 11 is 0. The van der Waals surface area contributed by atoms with Gasteiger partial charge in [-0.1, -0.05) is 0 Å². The van der Waals surface area contributed by atoms with Crippen LogP contribution in [-0.2, 0) is 20.7 Å². The molecule has 3 N–H and O–H groups in total. The fourth-order valence-corrected chi connectivity index (χ4v) is 3.91. The summed E-state index contributed by atoms with van der Waals surface area (Å²) in [4.78, 5) is 31.0. The van der Waals surface area contributed by atoms with Crippen molar-refractivity contribution in [3.63, 3.8) is 0 Å². The van der Waals surface area contributed by atoms with E-state index in [-0.39, 0.29) is 30.7 Å². The molecule has 0 aromatic carbocycles. The first-order valence-electron chi connectivity index (χ1n) is 11.1. The van der Waals surface area contributed by atoms with Gasteiger partial charge in [-0.15, -0.1) is 0 Å². The first-order chi connectivity index (χ1) is 15.5. The Hall–Kier alpha value is -2.43. The fourth-order valence-electron chi connectivity index (χ4n) is 3.91. The highest BCUT2D eigenvalue weighted by atomic mass is 16.5. The van der Waals surface area contributed by atoms with Crippen molar-refractivity contribution in [2.75, 3.05) is 40.5 Å². The molecule has 2 fully saturated rings. The summed E-state index contributed by atoms with van der Waals surface area (Å²) in [5.74, 6) is 0.426. The summed E-state index contributed by atoms with van der Waals surface area (Å²) in [7, 11) is 2.90. The summed E-state index contributed by atoms with van der Waals surface area (Å²) < 4.78 is 15.8. The van der Waals surface area contributed by atoms with E-state index in [1.165, 1.54) is 7.11 Å². The lowest BCUT2D eigenvalue weighted by Gasteiger charge is -2.36. The number of ether oxygens (including phenoxy) is 3. The number of amides is 2.